The van der Waals surface area contributed by atoms with Gasteiger partial charge < -0.3 is 14.3 Å². The lowest BCUT2D eigenvalue weighted by Gasteiger charge is -2.03. The maximum Gasteiger partial charge on any atom is 0.338 e. The summed E-state index contributed by atoms with van der Waals surface area (Å²) in [5.74, 6) is 0.691. The molecule has 124 valence electrons. The van der Waals surface area contributed by atoms with E-state index in [2.05, 4.69) is 4.98 Å². The molecule has 0 aliphatic heterocycles. The van der Waals surface area contributed by atoms with E-state index in [-0.39, 0.29) is 16.7 Å². The first-order chi connectivity index (χ1) is 11.6. The average molecular weight is 345 g/mol. The van der Waals surface area contributed by atoms with Gasteiger partial charge in [0, 0.05) is 12.0 Å². The van der Waals surface area contributed by atoms with Crippen LogP contribution in [0.25, 0.3) is 11.3 Å². The largest absolute Gasteiger partial charge is 0.494 e. The smallest absolute Gasteiger partial charge is 0.338 e. The van der Waals surface area contributed by atoms with Gasteiger partial charge in [-0.25, -0.2) is 4.79 Å². The van der Waals surface area contributed by atoms with Crippen LogP contribution >= 0.6 is 11.3 Å². The van der Waals surface area contributed by atoms with Crippen molar-refractivity contribution in [3.8, 4) is 17.2 Å². The first kappa shape index (κ1) is 16.1. The molecule has 2 N–H and O–H groups in total. The van der Waals surface area contributed by atoms with Crippen molar-refractivity contribution in [3.05, 3.63) is 62.3 Å². The molecule has 0 radical (unpaired) electrons. The van der Waals surface area contributed by atoms with Crippen LogP contribution in [-0.4, -0.2) is 22.7 Å². The number of hydrogen-bond donors (Lipinski definition) is 2. The molecule has 0 fully saturated rings. The third-order valence-electron chi connectivity index (χ3n) is 3.36. The molecule has 0 unspecified atom stereocenters. The Morgan fingerprint density at radius 3 is 2.88 bits per heavy atom. The monoisotopic (exact) mass is 345 g/mol. The number of carbonyl (C=O) groups excluding carboxylic acids is 1. The molecular weight excluding hydrogens is 330 g/mol. The van der Waals surface area contributed by atoms with Crippen LogP contribution in [0.2, 0.25) is 0 Å². The molecule has 6 nitrogen and oxygen atoms in total. The molecule has 3 rings (SSSR count). The number of carbonyl (C=O) groups is 1. The standard InChI is InChI=1S/C17H15NO5S/c1-2-22-16(20)11-5-3-4-10(8-11)13-7-6-12(23-13)9-14-15(19)18-17(21)24-14/h3-8,19H,2,9H2,1H3,(H,18,21). The van der Waals surface area contributed by atoms with Crippen LogP contribution in [0.3, 0.4) is 0 Å². The van der Waals surface area contributed by atoms with Gasteiger partial charge in [-0.05, 0) is 31.2 Å². The van der Waals surface area contributed by atoms with Gasteiger partial charge in [-0.3, -0.25) is 9.78 Å². The molecule has 2 aromatic heterocycles. The number of rotatable bonds is 5. The fourth-order valence-electron chi connectivity index (χ4n) is 2.27. The molecule has 0 aliphatic rings. The van der Waals surface area contributed by atoms with Gasteiger partial charge in [0.2, 0.25) is 5.88 Å². The number of aromatic hydroxyl groups is 1. The molecule has 0 saturated heterocycles. The third-order valence-corrected chi connectivity index (χ3v) is 4.23. The van der Waals surface area contributed by atoms with Crippen LogP contribution in [0, 0.1) is 0 Å². The van der Waals surface area contributed by atoms with Crippen LogP contribution in [0.5, 0.6) is 5.88 Å². The minimum absolute atomic E-state index is 0.132. The Hall–Kier alpha value is -2.80. The van der Waals surface area contributed by atoms with Crippen LogP contribution in [0.4, 0.5) is 0 Å². The topological polar surface area (TPSA) is 92.5 Å². The van der Waals surface area contributed by atoms with E-state index in [0.29, 0.717) is 35.0 Å². The van der Waals surface area contributed by atoms with E-state index in [1.54, 1.807) is 37.3 Å². The minimum atomic E-state index is -0.381. The van der Waals surface area contributed by atoms with Crippen molar-refractivity contribution in [3.63, 3.8) is 0 Å². The zero-order chi connectivity index (χ0) is 17.1. The van der Waals surface area contributed by atoms with Gasteiger partial charge in [0.05, 0.1) is 17.0 Å². The average Bonchev–Trinajstić information content (AvgIpc) is 3.15. The number of aromatic nitrogens is 1. The molecule has 7 heteroatoms. The molecule has 0 atom stereocenters. The van der Waals surface area contributed by atoms with Gasteiger partial charge in [0.1, 0.15) is 11.5 Å². The summed E-state index contributed by atoms with van der Waals surface area (Å²) in [6, 6.07) is 10.5. The Morgan fingerprint density at radius 2 is 2.17 bits per heavy atom. The summed E-state index contributed by atoms with van der Waals surface area (Å²) in [6.07, 6.45) is 0.312. The molecule has 3 aromatic rings. The van der Waals surface area contributed by atoms with Crippen molar-refractivity contribution in [2.45, 2.75) is 13.3 Å². The summed E-state index contributed by atoms with van der Waals surface area (Å²) in [7, 11) is 0. The van der Waals surface area contributed by atoms with E-state index in [1.165, 1.54) is 0 Å². The number of benzene rings is 1. The Balaban J connectivity index is 1.83. The molecule has 1 aromatic carbocycles. The van der Waals surface area contributed by atoms with Crippen molar-refractivity contribution < 1.29 is 19.1 Å². The number of furan rings is 1. The highest BCUT2D eigenvalue weighted by Crippen LogP contribution is 2.27. The zero-order valence-corrected chi connectivity index (χ0v) is 13.7. The highest BCUT2D eigenvalue weighted by atomic mass is 32.1. The summed E-state index contributed by atoms with van der Waals surface area (Å²) < 4.78 is 10.7. The molecule has 0 amide bonds. The van der Waals surface area contributed by atoms with Crippen LogP contribution < -0.4 is 4.87 Å². The predicted octanol–water partition coefficient (Wildman–Crippen LogP) is 3.17. The Labute approximate surface area is 141 Å². The number of esters is 1. The molecule has 0 aliphatic carbocycles. The molecule has 0 spiro atoms. The zero-order valence-electron chi connectivity index (χ0n) is 12.9. The predicted molar refractivity (Wildman–Crippen MR) is 89.5 cm³/mol. The number of ether oxygens (including phenoxy) is 1. The lowest BCUT2D eigenvalue weighted by atomic mass is 10.1. The summed E-state index contributed by atoms with van der Waals surface area (Å²) in [5, 5.41) is 9.63. The maximum absolute atomic E-state index is 11.8. The van der Waals surface area contributed by atoms with E-state index in [9.17, 15) is 14.7 Å². The summed E-state index contributed by atoms with van der Waals surface area (Å²) in [4.78, 5) is 25.5. The van der Waals surface area contributed by atoms with Gasteiger partial charge in [-0.2, -0.15) is 0 Å². The van der Waals surface area contributed by atoms with Crippen molar-refractivity contribution in [2.24, 2.45) is 0 Å². The summed E-state index contributed by atoms with van der Waals surface area (Å²) in [6.45, 7) is 2.07. The number of nitrogens with one attached hydrogen (secondary N) is 1. The highest BCUT2D eigenvalue weighted by molar-refractivity contribution is 7.09. The molecule has 2 heterocycles. The third kappa shape index (κ3) is 3.41. The number of aromatic amines is 1. The van der Waals surface area contributed by atoms with Crippen molar-refractivity contribution in [1.29, 1.82) is 0 Å². The van der Waals surface area contributed by atoms with Gasteiger partial charge >= 0.3 is 10.8 Å². The SMILES string of the molecule is CCOC(=O)c1cccc(-c2ccc(Cc3sc(=O)[nH]c3O)o2)c1. The van der Waals surface area contributed by atoms with Crippen LogP contribution in [0.1, 0.15) is 27.9 Å². The second kappa shape index (κ2) is 6.76. The Bertz CT molecular complexity index is 921. The van der Waals surface area contributed by atoms with E-state index in [1.807, 2.05) is 6.07 Å². The van der Waals surface area contributed by atoms with Crippen molar-refractivity contribution in [2.75, 3.05) is 6.61 Å². The van der Waals surface area contributed by atoms with Gasteiger partial charge in [-0.15, -0.1) is 0 Å². The van der Waals surface area contributed by atoms with E-state index < -0.39 is 0 Å². The summed E-state index contributed by atoms with van der Waals surface area (Å²) in [5.41, 5.74) is 1.20. The van der Waals surface area contributed by atoms with Gasteiger partial charge in [0.25, 0.3) is 0 Å². The first-order valence-electron chi connectivity index (χ1n) is 7.34. The number of H-pyrrole nitrogens is 1. The highest BCUT2D eigenvalue weighted by Gasteiger charge is 2.13. The molecule has 24 heavy (non-hydrogen) atoms. The van der Waals surface area contributed by atoms with Crippen LogP contribution in [-0.2, 0) is 11.2 Å². The van der Waals surface area contributed by atoms with Gasteiger partial charge in [-0.1, -0.05) is 23.5 Å². The molecule has 0 bridgehead atoms. The lowest BCUT2D eigenvalue weighted by Crippen LogP contribution is -2.04. The molecule has 0 saturated carbocycles. The Morgan fingerprint density at radius 1 is 1.33 bits per heavy atom. The fourth-order valence-corrected chi connectivity index (χ4v) is 3.01. The Kier molecular flexibility index (Phi) is 4.52. The van der Waals surface area contributed by atoms with E-state index in [4.69, 9.17) is 9.15 Å². The van der Waals surface area contributed by atoms with Crippen molar-refractivity contribution >= 4 is 17.3 Å². The minimum Gasteiger partial charge on any atom is -0.494 e. The second-order valence-electron chi connectivity index (χ2n) is 5.03. The van der Waals surface area contributed by atoms with Crippen molar-refractivity contribution in [1.82, 2.24) is 4.98 Å². The lowest BCUT2D eigenvalue weighted by molar-refractivity contribution is 0.0526. The maximum atomic E-state index is 11.8. The fraction of sp³-hybridized carbons (Fsp3) is 0.176. The molecular formula is C17H15NO5S. The van der Waals surface area contributed by atoms with Crippen LogP contribution in [0.15, 0.2) is 45.6 Å². The van der Waals surface area contributed by atoms with E-state index >= 15 is 0 Å². The first-order valence-corrected chi connectivity index (χ1v) is 8.15. The normalized spacial score (nSPS) is 10.7. The van der Waals surface area contributed by atoms with E-state index in [0.717, 1.165) is 16.9 Å². The summed E-state index contributed by atoms with van der Waals surface area (Å²) >= 11 is 0.944. The second-order valence-corrected chi connectivity index (χ2v) is 6.10. The number of hydrogen-bond acceptors (Lipinski definition) is 6. The quantitative estimate of drug-likeness (QED) is 0.693. The van der Waals surface area contributed by atoms with Gasteiger partial charge in [0.15, 0.2) is 0 Å². The number of thiazole rings is 1.